The van der Waals surface area contributed by atoms with Crippen LogP contribution in [0.3, 0.4) is 0 Å². The third-order valence-electron chi connectivity index (χ3n) is 4.80. The van der Waals surface area contributed by atoms with Crippen LogP contribution < -0.4 is 0 Å². The van der Waals surface area contributed by atoms with E-state index in [1.165, 1.54) is 12.1 Å². The van der Waals surface area contributed by atoms with E-state index in [1.807, 2.05) is 48.5 Å². The molecule has 152 valence electrons. The van der Waals surface area contributed by atoms with Crippen LogP contribution in [-0.2, 0) is 25.9 Å². The normalized spacial score (nSPS) is 11.1. The molecule has 0 aliphatic heterocycles. The average Bonchev–Trinajstić information content (AvgIpc) is 3.22. The Morgan fingerprint density at radius 3 is 2.30 bits per heavy atom. The lowest BCUT2D eigenvalue weighted by atomic mass is 10.2. The molecule has 0 saturated carbocycles. The summed E-state index contributed by atoms with van der Waals surface area (Å²) in [4.78, 5) is 6.61. The zero-order chi connectivity index (χ0) is 20.6. The summed E-state index contributed by atoms with van der Waals surface area (Å²) in [5.41, 5.74) is 3.18. The minimum absolute atomic E-state index is 0.235. The summed E-state index contributed by atoms with van der Waals surface area (Å²) in [5.74, 6) is 0.938. The summed E-state index contributed by atoms with van der Waals surface area (Å²) < 4.78 is 19.2. The summed E-state index contributed by atoms with van der Waals surface area (Å²) in [5, 5.41) is 8.43. The Balaban J connectivity index is 1.43. The van der Waals surface area contributed by atoms with Crippen LogP contribution in [0.25, 0.3) is 0 Å². The topological polar surface area (TPSA) is 55.1 Å². The number of hydrogen-bond acceptors (Lipinski definition) is 5. The van der Waals surface area contributed by atoms with Crippen molar-refractivity contribution in [2.75, 3.05) is 6.54 Å². The highest BCUT2D eigenvalue weighted by Gasteiger charge is 2.14. The standard InChI is InChI=1S/C24H23FN4O/c25-21-11-9-20(10-12-21)17-29(15-13-22-8-4-5-14-26-22)18-24-28-27-23(30-24)16-19-6-2-1-3-7-19/h1-12,14H,13,15-18H2. The van der Waals surface area contributed by atoms with Gasteiger partial charge in [0.15, 0.2) is 0 Å². The third kappa shape index (κ3) is 5.81. The first kappa shape index (κ1) is 19.9. The number of aromatic nitrogens is 3. The van der Waals surface area contributed by atoms with Gasteiger partial charge >= 0.3 is 0 Å². The summed E-state index contributed by atoms with van der Waals surface area (Å²) in [6.45, 7) is 1.94. The second-order valence-electron chi connectivity index (χ2n) is 7.16. The second-order valence-corrected chi connectivity index (χ2v) is 7.16. The molecule has 0 unspecified atom stereocenters. The quantitative estimate of drug-likeness (QED) is 0.414. The smallest absolute Gasteiger partial charge is 0.230 e. The van der Waals surface area contributed by atoms with Gasteiger partial charge in [0, 0.05) is 31.4 Å². The molecular formula is C24H23FN4O. The maximum absolute atomic E-state index is 13.3. The van der Waals surface area contributed by atoms with E-state index in [2.05, 4.69) is 20.1 Å². The molecule has 2 aromatic carbocycles. The lowest BCUT2D eigenvalue weighted by molar-refractivity contribution is 0.230. The Bertz CT molecular complexity index is 1040. The molecule has 0 N–H and O–H groups in total. The maximum Gasteiger partial charge on any atom is 0.230 e. The zero-order valence-corrected chi connectivity index (χ0v) is 16.6. The van der Waals surface area contributed by atoms with Crippen molar-refractivity contribution in [2.24, 2.45) is 0 Å². The predicted molar refractivity (Wildman–Crippen MR) is 112 cm³/mol. The van der Waals surface area contributed by atoms with Crippen molar-refractivity contribution in [3.05, 3.63) is 113 Å². The first-order valence-corrected chi connectivity index (χ1v) is 9.96. The molecule has 6 heteroatoms. The fraction of sp³-hybridized carbons (Fsp3) is 0.208. The Hall–Kier alpha value is -3.38. The molecule has 0 aliphatic rings. The van der Waals surface area contributed by atoms with Crippen LogP contribution in [0.15, 0.2) is 83.4 Å². The van der Waals surface area contributed by atoms with Gasteiger partial charge in [-0.15, -0.1) is 10.2 Å². The Morgan fingerprint density at radius 2 is 1.53 bits per heavy atom. The van der Waals surface area contributed by atoms with E-state index in [-0.39, 0.29) is 5.82 Å². The molecule has 0 radical (unpaired) electrons. The molecule has 0 spiro atoms. The molecular weight excluding hydrogens is 379 g/mol. The van der Waals surface area contributed by atoms with Gasteiger partial charge in [0.1, 0.15) is 5.82 Å². The van der Waals surface area contributed by atoms with Gasteiger partial charge in [0.05, 0.1) is 13.0 Å². The minimum Gasteiger partial charge on any atom is -0.424 e. The molecule has 0 bridgehead atoms. The van der Waals surface area contributed by atoms with E-state index in [1.54, 1.807) is 18.3 Å². The fourth-order valence-corrected chi connectivity index (χ4v) is 3.27. The van der Waals surface area contributed by atoms with Crippen LogP contribution in [-0.4, -0.2) is 26.6 Å². The van der Waals surface area contributed by atoms with Crippen LogP contribution >= 0.6 is 0 Å². The first-order valence-electron chi connectivity index (χ1n) is 9.96. The summed E-state index contributed by atoms with van der Waals surface area (Å²) in [6, 6.07) is 22.5. The molecule has 2 heterocycles. The summed E-state index contributed by atoms with van der Waals surface area (Å²) in [6.07, 6.45) is 3.21. The van der Waals surface area contributed by atoms with Crippen LogP contribution in [0.2, 0.25) is 0 Å². The SMILES string of the molecule is Fc1ccc(CN(CCc2ccccn2)Cc2nnc(Cc3ccccc3)o2)cc1. The molecule has 2 aromatic heterocycles. The zero-order valence-electron chi connectivity index (χ0n) is 16.6. The van der Waals surface area contributed by atoms with Crippen LogP contribution in [0, 0.1) is 5.82 Å². The molecule has 0 saturated heterocycles. The largest absolute Gasteiger partial charge is 0.424 e. The number of benzene rings is 2. The van der Waals surface area contributed by atoms with Gasteiger partial charge in [0.25, 0.3) is 0 Å². The van der Waals surface area contributed by atoms with Crippen LogP contribution in [0.1, 0.15) is 28.6 Å². The number of rotatable bonds is 9. The summed E-state index contributed by atoms with van der Waals surface area (Å²) in [7, 11) is 0. The van der Waals surface area contributed by atoms with E-state index in [0.717, 1.165) is 29.8 Å². The lowest BCUT2D eigenvalue weighted by Crippen LogP contribution is -2.25. The molecule has 0 amide bonds. The van der Waals surface area contributed by atoms with Crippen LogP contribution in [0.4, 0.5) is 4.39 Å². The van der Waals surface area contributed by atoms with Gasteiger partial charge in [-0.2, -0.15) is 0 Å². The molecule has 0 atom stereocenters. The van der Waals surface area contributed by atoms with E-state index in [4.69, 9.17) is 4.42 Å². The molecule has 0 aliphatic carbocycles. The lowest BCUT2D eigenvalue weighted by Gasteiger charge is -2.20. The van der Waals surface area contributed by atoms with Crippen molar-refractivity contribution in [3.8, 4) is 0 Å². The van der Waals surface area contributed by atoms with E-state index in [0.29, 0.717) is 31.3 Å². The van der Waals surface area contributed by atoms with Gasteiger partial charge in [-0.3, -0.25) is 9.88 Å². The Labute approximate surface area is 175 Å². The van der Waals surface area contributed by atoms with Crippen molar-refractivity contribution in [3.63, 3.8) is 0 Å². The van der Waals surface area contributed by atoms with Gasteiger partial charge in [-0.25, -0.2) is 4.39 Å². The van der Waals surface area contributed by atoms with Crippen molar-refractivity contribution in [1.82, 2.24) is 20.1 Å². The molecule has 30 heavy (non-hydrogen) atoms. The number of hydrogen-bond donors (Lipinski definition) is 0. The van der Waals surface area contributed by atoms with Gasteiger partial charge in [-0.1, -0.05) is 48.5 Å². The fourth-order valence-electron chi connectivity index (χ4n) is 3.27. The number of nitrogens with zero attached hydrogens (tertiary/aromatic N) is 4. The predicted octanol–water partition coefficient (Wildman–Crippen LogP) is 4.44. The van der Waals surface area contributed by atoms with Gasteiger partial charge in [-0.05, 0) is 35.4 Å². The van der Waals surface area contributed by atoms with E-state index in [9.17, 15) is 4.39 Å². The van der Waals surface area contributed by atoms with Crippen molar-refractivity contribution in [1.29, 1.82) is 0 Å². The first-order chi connectivity index (χ1) is 14.7. The molecule has 4 rings (SSSR count). The number of halogens is 1. The minimum atomic E-state index is -0.235. The number of pyridine rings is 1. The second kappa shape index (κ2) is 9.89. The molecule has 5 nitrogen and oxygen atoms in total. The highest BCUT2D eigenvalue weighted by molar-refractivity contribution is 5.18. The summed E-state index contributed by atoms with van der Waals surface area (Å²) >= 11 is 0. The Morgan fingerprint density at radius 1 is 0.767 bits per heavy atom. The highest BCUT2D eigenvalue weighted by atomic mass is 19.1. The third-order valence-corrected chi connectivity index (χ3v) is 4.80. The highest BCUT2D eigenvalue weighted by Crippen LogP contribution is 2.13. The molecule has 4 aromatic rings. The van der Waals surface area contributed by atoms with E-state index < -0.39 is 0 Å². The van der Waals surface area contributed by atoms with E-state index >= 15 is 0 Å². The van der Waals surface area contributed by atoms with Gasteiger partial charge < -0.3 is 4.42 Å². The monoisotopic (exact) mass is 402 g/mol. The van der Waals surface area contributed by atoms with Crippen molar-refractivity contribution in [2.45, 2.75) is 25.9 Å². The maximum atomic E-state index is 13.3. The molecule has 0 fully saturated rings. The van der Waals surface area contributed by atoms with Crippen LogP contribution in [0.5, 0.6) is 0 Å². The average molecular weight is 402 g/mol. The van der Waals surface area contributed by atoms with Gasteiger partial charge in [0.2, 0.25) is 11.8 Å². The Kier molecular flexibility index (Phi) is 6.57. The van der Waals surface area contributed by atoms with Crippen molar-refractivity contribution >= 4 is 0 Å². The van der Waals surface area contributed by atoms with Crippen molar-refractivity contribution < 1.29 is 8.81 Å².